The predicted octanol–water partition coefficient (Wildman–Crippen LogP) is 2.16. The predicted molar refractivity (Wildman–Crippen MR) is 143 cm³/mol. The molecular weight excluding hydrogens is 552 g/mol. The second kappa shape index (κ2) is 11.0. The summed E-state index contributed by atoms with van der Waals surface area (Å²) in [4.78, 5) is 36.8. The minimum absolute atomic E-state index is 0.109. The summed E-state index contributed by atoms with van der Waals surface area (Å²) in [6.07, 6.45) is 2.74. The van der Waals surface area contributed by atoms with Crippen LogP contribution >= 0.6 is 0 Å². The maximum absolute atomic E-state index is 13.3. The van der Waals surface area contributed by atoms with E-state index in [1.54, 1.807) is 36.4 Å². The molecule has 6 rings (SSSR count). The number of nitro benzene ring substituents is 1. The highest BCUT2D eigenvalue weighted by Crippen LogP contribution is 2.32. The van der Waals surface area contributed by atoms with Gasteiger partial charge in [0.15, 0.2) is 34.4 Å². The van der Waals surface area contributed by atoms with Crippen molar-refractivity contribution in [2.24, 2.45) is 10.2 Å². The molecule has 210 valence electrons. The molecule has 3 heterocycles. The fourth-order valence-electron chi connectivity index (χ4n) is 3.96. The van der Waals surface area contributed by atoms with Gasteiger partial charge in [-0.3, -0.25) is 19.7 Å². The van der Waals surface area contributed by atoms with E-state index < -0.39 is 16.7 Å². The van der Waals surface area contributed by atoms with E-state index >= 15 is 0 Å². The Morgan fingerprint density at radius 1 is 0.810 bits per heavy atom. The number of fused-ring (bicyclic) bond motifs is 2. The van der Waals surface area contributed by atoms with Gasteiger partial charge in [0, 0.05) is 12.1 Å². The average Bonchev–Trinajstić information content (AvgIpc) is 3.76. The molecule has 0 spiro atoms. The number of nitrogens with one attached hydrogen (secondary N) is 2. The zero-order valence-electron chi connectivity index (χ0n) is 21.3. The van der Waals surface area contributed by atoms with E-state index in [9.17, 15) is 19.7 Å². The summed E-state index contributed by atoms with van der Waals surface area (Å²) in [7, 11) is 0. The highest BCUT2D eigenvalue weighted by atomic mass is 16.7. The first-order valence-corrected chi connectivity index (χ1v) is 12.1. The molecule has 0 bridgehead atoms. The Kier molecular flexibility index (Phi) is 6.82. The molecule has 2 N–H and O–H groups in total. The SMILES string of the molecule is O=C(N/N=C\c1ccc2c(c1)OCO2)c1nnn(-c2ccc([N+](=O)[O-])cc2)c1C(=O)N/N=C\c1ccc2c(c1)OCO2. The standard InChI is InChI=1S/C26H18N8O8/c35-25(30-27-11-15-1-7-19-21(9-15)41-13-39-19)23-24(33(32-29-23)17-3-5-18(6-4-17)34(37)38)26(36)31-28-12-16-2-8-20-22(10-16)42-14-40-20/h1-12H,13-14H2,(H,30,35)(H,31,36)/b27-11-,28-12-. The molecule has 0 unspecified atom stereocenters. The Balaban J connectivity index is 1.24. The number of benzene rings is 3. The van der Waals surface area contributed by atoms with Gasteiger partial charge in [0.05, 0.1) is 23.0 Å². The summed E-state index contributed by atoms with van der Waals surface area (Å²) < 4.78 is 22.3. The van der Waals surface area contributed by atoms with Gasteiger partial charge in [0.2, 0.25) is 13.6 Å². The molecule has 3 aromatic carbocycles. The van der Waals surface area contributed by atoms with E-state index in [1.165, 1.54) is 36.7 Å². The molecule has 2 aliphatic rings. The summed E-state index contributed by atoms with van der Waals surface area (Å²) in [5.74, 6) is 0.579. The van der Waals surface area contributed by atoms with Gasteiger partial charge in [-0.15, -0.1) is 5.10 Å². The summed E-state index contributed by atoms with van der Waals surface area (Å²) in [5, 5.41) is 26.8. The smallest absolute Gasteiger partial charge is 0.294 e. The first kappa shape index (κ1) is 25.9. The van der Waals surface area contributed by atoms with Crippen LogP contribution in [0, 0.1) is 10.1 Å². The van der Waals surface area contributed by atoms with Crippen molar-refractivity contribution >= 4 is 29.9 Å². The van der Waals surface area contributed by atoms with Crippen LogP contribution in [0.5, 0.6) is 23.0 Å². The van der Waals surface area contributed by atoms with Gasteiger partial charge in [-0.2, -0.15) is 10.2 Å². The van der Waals surface area contributed by atoms with E-state index in [1.807, 2.05) is 0 Å². The number of carbonyl (C=O) groups is 2. The number of hydrogen-bond acceptors (Lipinski definition) is 12. The topological polar surface area (TPSA) is 194 Å². The maximum Gasteiger partial charge on any atom is 0.294 e. The minimum atomic E-state index is -0.843. The van der Waals surface area contributed by atoms with Crippen molar-refractivity contribution < 1.29 is 33.5 Å². The molecule has 0 aliphatic carbocycles. The third kappa shape index (κ3) is 5.26. The number of hydrogen-bond donors (Lipinski definition) is 2. The molecule has 0 atom stereocenters. The second-order valence-corrected chi connectivity index (χ2v) is 8.60. The number of carbonyl (C=O) groups excluding carboxylic acids is 2. The van der Waals surface area contributed by atoms with Crippen molar-refractivity contribution in [2.75, 3.05) is 13.6 Å². The molecule has 0 saturated heterocycles. The van der Waals surface area contributed by atoms with E-state index in [4.69, 9.17) is 18.9 Å². The van der Waals surface area contributed by atoms with Crippen LogP contribution in [-0.4, -0.2) is 57.7 Å². The fraction of sp³-hybridized carbons (Fsp3) is 0.0769. The quantitative estimate of drug-likeness (QED) is 0.180. The van der Waals surface area contributed by atoms with E-state index in [-0.39, 0.29) is 36.3 Å². The number of amides is 2. The molecule has 1 aromatic heterocycles. The highest BCUT2D eigenvalue weighted by molar-refractivity contribution is 6.05. The number of non-ortho nitro benzene ring substituents is 1. The monoisotopic (exact) mass is 570 g/mol. The molecule has 0 saturated carbocycles. The lowest BCUT2D eigenvalue weighted by Crippen LogP contribution is -2.27. The van der Waals surface area contributed by atoms with Crippen LogP contribution in [0.2, 0.25) is 0 Å². The summed E-state index contributed by atoms with van der Waals surface area (Å²) in [6.45, 7) is 0.223. The first-order valence-electron chi connectivity index (χ1n) is 12.1. The third-order valence-electron chi connectivity index (χ3n) is 5.96. The number of aromatic nitrogens is 3. The second-order valence-electron chi connectivity index (χ2n) is 8.60. The largest absolute Gasteiger partial charge is 0.454 e. The normalized spacial score (nSPS) is 13.0. The zero-order chi connectivity index (χ0) is 29.1. The lowest BCUT2D eigenvalue weighted by Gasteiger charge is -2.06. The minimum Gasteiger partial charge on any atom is -0.454 e. The van der Waals surface area contributed by atoms with Crippen molar-refractivity contribution in [1.82, 2.24) is 25.8 Å². The summed E-state index contributed by atoms with van der Waals surface area (Å²) >= 11 is 0. The van der Waals surface area contributed by atoms with Crippen LogP contribution < -0.4 is 29.8 Å². The van der Waals surface area contributed by atoms with E-state index in [2.05, 4.69) is 31.4 Å². The maximum atomic E-state index is 13.3. The summed E-state index contributed by atoms with van der Waals surface area (Å²) in [6, 6.07) is 15.4. The van der Waals surface area contributed by atoms with Crippen molar-refractivity contribution in [3.63, 3.8) is 0 Å². The Hall–Kier alpha value is -6.32. The molecule has 16 nitrogen and oxygen atoms in total. The number of nitro groups is 1. The molecule has 2 aliphatic heterocycles. The van der Waals surface area contributed by atoms with Gasteiger partial charge in [-0.25, -0.2) is 15.5 Å². The van der Waals surface area contributed by atoms with Crippen molar-refractivity contribution in [3.05, 3.63) is 93.3 Å². The van der Waals surface area contributed by atoms with Crippen LogP contribution in [0.3, 0.4) is 0 Å². The molecule has 0 fully saturated rings. The average molecular weight is 570 g/mol. The van der Waals surface area contributed by atoms with Crippen LogP contribution in [0.1, 0.15) is 32.1 Å². The Morgan fingerprint density at radius 3 is 1.93 bits per heavy atom. The lowest BCUT2D eigenvalue weighted by atomic mass is 10.2. The van der Waals surface area contributed by atoms with Gasteiger partial charge >= 0.3 is 0 Å². The highest BCUT2D eigenvalue weighted by Gasteiger charge is 2.27. The molecule has 0 radical (unpaired) electrons. The molecule has 2 amide bonds. The van der Waals surface area contributed by atoms with Gasteiger partial charge in [-0.1, -0.05) is 5.21 Å². The number of rotatable bonds is 8. The van der Waals surface area contributed by atoms with Gasteiger partial charge in [0.1, 0.15) is 0 Å². The van der Waals surface area contributed by atoms with Gasteiger partial charge < -0.3 is 18.9 Å². The third-order valence-corrected chi connectivity index (χ3v) is 5.96. The molecule has 4 aromatic rings. The number of hydrazone groups is 2. The van der Waals surface area contributed by atoms with Gasteiger partial charge in [-0.05, 0) is 59.7 Å². The van der Waals surface area contributed by atoms with Crippen LogP contribution in [0.15, 0.2) is 70.9 Å². The molecule has 16 heteroatoms. The fourth-order valence-corrected chi connectivity index (χ4v) is 3.96. The Morgan fingerprint density at radius 2 is 1.36 bits per heavy atom. The van der Waals surface area contributed by atoms with Crippen LogP contribution in [-0.2, 0) is 0 Å². The van der Waals surface area contributed by atoms with Crippen molar-refractivity contribution in [3.8, 4) is 28.7 Å². The Bertz CT molecular complexity index is 1770. The van der Waals surface area contributed by atoms with Crippen molar-refractivity contribution in [2.45, 2.75) is 0 Å². The van der Waals surface area contributed by atoms with Crippen molar-refractivity contribution in [1.29, 1.82) is 0 Å². The number of nitrogens with zero attached hydrogens (tertiary/aromatic N) is 6. The molecular formula is C26H18N8O8. The zero-order valence-corrected chi connectivity index (χ0v) is 21.3. The Labute approximate surface area is 235 Å². The lowest BCUT2D eigenvalue weighted by molar-refractivity contribution is -0.384. The molecule has 42 heavy (non-hydrogen) atoms. The van der Waals surface area contributed by atoms with Gasteiger partial charge in [0.25, 0.3) is 17.5 Å². The van der Waals surface area contributed by atoms with E-state index in [0.717, 1.165) is 4.68 Å². The van der Waals surface area contributed by atoms with E-state index in [0.29, 0.717) is 34.1 Å². The van der Waals surface area contributed by atoms with Crippen LogP contribution in [0.4, 0.5) is 5.69 Å². The van der Waals surface area contributed by atoms with Crippen LogP contribution in [0.25, 0.3) is 5.69 Å². The summed E-state index contributed by atoms with van der Waals surface area (Å²) in [5.41, 5.74) is 5.29. The first-order chi connectivity index (χ1) is 20.5. The number of ether oxygens (including phenoxy) is 4.